The van der Waals surface area contributed by atoms with Crippen LogP contribution in [0.4, 0.5) is 0 Å². The summed E-state index contributed by atoms with van der Waals surface area (Å²) in [6.45, 7) is 0.286. The van der Waals surface area contributed by atoms with Crippen LogP contribution in [0.25, 0.3) is 33.3 Å². The SMILES string of the molecule is COc1cc(-c2cc(=O)c3c(cc(OC)c4cc(CCCCCCCCCCO)oc43)o2)ccc1O. The van der Waals surface area contributed by atoms with Crippen LogP contribution < -0.4 is 14.9 Å². The van der Waals surface area contributed by atoms with E-state index < -0.39 is 0 Å². The Labute approximate surface area is 210 Å². The predicted octanol–water partition coefficient (Wildman–Crippen LogP) is 6.58. The van der Waals surface area contributed by atoms with Gasteiger partial charge in [-0.2, -0.15) is 0 Å². The van der Waals surface area contributed by atoms with E-state index in [0.29, 0.717) is 39.4 Å². The molecular weight excluding hydrogens is 460 g/mol. The Morgan fingerprint density at radius 3 is 2.19 bits per heavy atom. The molecule has 4 aromatic rings. The molecule has 0 aliphatic carbocycles. The van der Waals surface area contributed by atoms with Crippen LogP contribution >= 0.6 is 0 Å². The highest BCUT2D eigenvalue weighted by Gasteiger charge is 2.19. The lowest BCUT2D eigenvalue weighted by Gasteiger charge is -2.08. The van der Waals surface area contributed by atoms with Crippen molar-refractivity contribution >= 4 is 21.9 Å². The average Bonchev–Trinajstić information content (AvgIpc) is 3.31. The molecule has 0 amide bonds. The molecule has 0 aliphatic rings. The largest absolute Gasteiger partial charge is 0.504 e. The summed E-state index contributed by atoms with van der Waals surface area (Å²) in [5, 5.41) is 19.9. The quantitative estimate of drug-likeness (QED) is 0.202. The molecule has 4 rings (SSSR count). The Balaban J connectivity index is 1.54. The van der Waals surface area contributed by atoms with Gasteiger partial charge in [0.05, 0.1) is 19.6 Å². The molecule has 2 N–H and O–H groups in total. The number of hydrogen-bond acceptors (Lipinski definition) is 7. The van der Waals surface area contributed by atoms with Gasteiger partial charge in [-0.15, -0.1) is 0 Å². The predicted molar refractivity (Wildman–Crippen MR) is 140 cm³/mol. The summed E-state index contributed by atoms with van der Waals surface area (Å²) in [6.07, 6.45) is 9.71. The molecule has 2 heterocycles. The Morgan fingerprint density at radius 1 is 0.806 bits per heavy atom. The molecule has 0 fully saturated rings. The molecule has 0 radical (unpaired) electrons. The van der Waals surface area contributed by atoms with E-state index in [9.17, 15) is 9.90 Å². The van der Waals surface area contributed by atoms with Crippen molar-refractivity contribution in [3.8, 4) is 28.6 Å². The molecule has 2 aromatic carbocycles. The molecule has 7 heteroatoms. The zero-order valence-electron chi connectivity index (χ0n) is 21.0. The number of phenols is 1. The van der Waals surface area contributed by atoms with Gasteiger partial charge in [-0.25, -0.2) is 0 Å². The number of aliphatic hydroxyl groups excluding tert-OH is 1. The molecule has 0 spiro atoms. The van der Waals surface area contributed by atoms with Gasteiger partial charge in [0.1, 0.15) is 28.2 Å². The maximum absolute atomic E-state index is 13.2. The van der Waals surface area contributed by atoms with Crippen LogP contribution in [0, 0.1) is 0 Å². The molecule has 0 saturated heterocycles. The van der Waals surface area contributed by atoms with Gasteiger partial charge in [-0.3, -0.25) is 4.79 Å². The summed E-state index contributed by atoms with van der Waals surface area (Å²) in [5.41, 5.74) is 1.24. The first-order chi connectivity index (χ1) is 17.5. The second-order valence-corrected chi connectivity index (χ2v) is 9.07. The number of unbranched alkanes of at least 4 members (excludes halogenated alkanes) is 7. The topological polar surface area (TPSA) is 102 Å². The fourth-order valence-electron chi connectivity index (χ4n) is 4.58. The fourth-order valence-corrected chi connectivity index (χ4v) is 4.58. The zero-order chi connectivity index (χ0) is 25.5. The van der Waals surface area contributed by atoms with Crippen molar-refractivity contribution in [1.82, 2.24) is 0 Å². The number of phenolic OH excluding ortho intramolecular Hbond substituents is 1. The molecule has 0 saturated carbocycles. The van der Waals surface area contributed by atoms with Crippen LogP contribution in [-0.2, 0) is 6.42 Å². The molecule has 36 heavy (non-hydrogen) atoms. The lowest BCUT2D eigenvalue weighted by molar-refractivity contribution is 0.282. The van der Waals surface area contributed by atoms with E-state index in [1.165, 1.54) is 44.9 Å². The smallest absolute Gasteiger partial charge is 0.197 e. The minimum absolute atomic E-state index is 0.00827. The highest BCUT2D eigenvalue weighted by Crippen LogP contribution is 2.37. The summed E-state index contributed by atoms with van der Waals surface area (Å²) in [4.78, 5) is 13.2. The van der Waals surface area contributed by atoms with E-state index in [0.717, 1.165) is 43.3 Å². The van der Waals surface area contributed by atoms with Crippen LogP contribution in [0.15, 0.2) is 50.0 Å². The summed E-state index contributed by atoms with van der Waals surface area (Å²) in [7, 11) is 3.05. The van der Waals surface area contributed by atoms with Crippen molar-refractivity contribution in [2.75, 3.05) is 20.8 Å². The number of ether oxygens (including phenoxy) is 2. The Kier molecular flexibility index (Phi) is 8.54. The first-order valence-electron chi connectivity index (χ1n) is 12.6. The Morgan fingerprint density at radius 2 is 1.50 bits per heavy atom. The number of aryl methyl sites for hydroxylation is 1. The zero-order valence-corrected chi connectivity index (χ0v) is 21.0. The normalized spacial score (nSPS) is 11.4. The number of aliphatic hydroxyl groups is 1. The highest BCUT2D eigenvalue weighted by molar-refractivity contribution is 6.05. The van der Waals surface area contributed by atoms with E-state index in [4.69, 9.17) is 23.4 Å². The summed E-state index contributed by atoms with van der Waals surface area (Å²) < 4.78 is 23.0. The Hall–Kier alpha value is -3.45. The van der Waals surface area contributed by atoms with Gasteiger partial charge in [-0.05, 0) is 37.1 Å². The third-order valence-electron chi connectivity index (χ3n) is 6.53. The standard InChI is InChI=1S/C29H34O7/c1-33-25-18-27-28(23(32)17-24(36-27)19-12-13-22(31)26(15-19)34-2)29-21(25)16-20(35-29)11-9-7-5-3-4-6-8-10-14-30/h12-13,15-18,30-31H,3-11,14H2,1-2H3. The molecule has 2 aromatic heterocycles. The van der Waals surface area contributed by atoms with Crippen molar-refractivity contribution < 1.29 is 28.5 Å². The van der Waals surface area contributed by atoms with Gasteiger partial charge in [-0.1, -0.05) is 38.5 Å². The number of hydrogen-bond donors (Lipinski definition) is 2. The van der Waals surface area contributed by atoms with Crippen molar-refractivity contribution in [2.24, 2.45) is 0 Å². The summed E-state index contributed by atoms with van der Waals surface area (Å²) >= 11 is 0. The van der Waals surface area contributed by atoms with Crippen LogP contribution in [-0.4, -0.2) is 31.0 Å². The van der Waals surface area contributed by atoms with Gasteiger partial charge in [0.25, 0.3) is 0 Å². The second-order valence-electron chi connectivity index (χ2n) is 9.07. The van der Waals surface area contributed by atoms with Crippen molar-refractivity contribution in [3.63, 3.8) is 0 Å². The molecule has 0 aliphatic heterocycles. The van der Waals surface area contributed by atoms with Crippen molar-refractivity contribution in [2.45, 2.75) is 57.8 Å². The van der Waals surface area contributed by atoms with Gasteiger partial charge in [0.15, 0.2) is 22.5 Å². The molecule has 7 nitrogen and oxygen atoms in total. The number of rotatable bonds is 13. The second kappa shape index (κ2) is 12.0. The molecule has 0 unspecified atom stereocenters. The number of furan rings is 1. The number of fused-ring (bicyclic) bond motifs is 3. The Bertz CT molecular complexity index is 1370. The minimum atomic E-state index is -0.215. The summed E-state index contributed by atoms with van der Waals surface area (Å²) in [6, 6.07) is 9.89. The van der Waals surface area contributed by atoms with E-state index in [1.807, 2.05) is 6.07 Å². The van der Waals surface area contributed by atoms with Crippen LogP contribution in [0.1, 0.15) is 57.1 Å². The minimum Gasteiger partial charge on any atom is -0.504 e. The van der Waals surface area contributed by atoms with E-state index in [2.05, 4.69) is 0 Å². The van der Waals surface area contributed by atoms with Crippen LogP contribution in [0.5, 0.6) is 17.2 Å². The van der Waals surface area contributed by atoms with Crippen molar-refractivity contribution in [3.05, 3.63) is 52.4 Å². The maximum atomic E-state index is 13.2. The monoisotopic (exact) mass is 494 g/mol. The third kappa shape index (κ3) is 5.68. The number of methoxy groups -OCH3 is 2. The van der Waals surface area contributed by atoms with Crippen LogP contribution in [0.2, 0.25) is 0 Å². The number of aromatic hydroxyl groups is 1. The lowest BCUT2D eigenvalue weighted by atomic mass is 10.1. The van der Waals surface area contributed by atoms with Gasteiger partial charge in [0.2, 0.25) is 0 Å². The molecule has 192 valence electrons. The fraction of sp³-hybridized carbons (Fsp3) is 0.414. The molecular formula is C29H34O7. The van der Waals surface area contributed by atoms with Crippen molar-refractivity contribution in [1.29, 1.82) is 0 Å². The summed E-state index contributed by atoms with van der Waals surface area (Å²) in [5.74, 6) is 2.06. The van der Waals surface area contributed by atoms with E-state index in [-0.39, 0.29) is 17.8 Å². The first-order valence-corrected chi connectivity index (χ1v) is 12.6. The van der Waals surface area contributed by atoms with Gasteiger partial charge in [0, 0.05) is 30.7 Å². The average molecular weight is 495 g/mol. The van der Waals surface area contributed by atoms with Gasteiger partial charge >= 0.3 is 0 Å². The molecule has 0 bridgehead atoms. The maximum Gasteiger partial charge on any atom is 0.197 e. The van der Waals surface area contributed by atoms with E-state index >= 15 is 0 Å². The molecule has 0 atom stereocenters. The number of benzene rings is 2. The van der Waals surface area contributed by atoms with E-state index in [1.54, 1.807) is 25.3 Å². The highest BCUT2D eigenvalue weighted by atomic mass is 16.5. The lowest BCUT2D eigenvalue weighted by Crippen LogP contribution is -2.01. The van der Waals surface area contributed by atoms with Crippen LogP contribution in [0.3, 0.4) is 0 Å². The third-order valence-corrected chi connectivity index (χ3v) is 6.53. The first kappa shape index (κ1) is 25.6. The van der Waals surface area contributed by atoms with Gasteiger partial charge < -0.3 is 28.5 Å².